The molecule has 7 nitrogen and oxygen atoms in total. The van der Waals surface area contributed by atoms with Crippen LogP contribution in [0.4, 0.5) is 10.5 Å². The molecule has 0 radical (unpaired) electrons. The maximum atomic E-state index is 12.9. The van der Waals surface area contributed by atoms with Crippen LogP contribution in [0.3, 0.4) is 0 Å². The second-order valence-electron chi connectivity index (χ2n) is 9.05. The summed E-state index contributed by atoms with van der Waals surface area (Å²) in [5.74, 6) is 2.19. The van der Waals surface area contributed by atoms with Gasteiger partial charge in [-0.3, -0.25) is 4.79 Å². The zero-order valence-electron chi connectivity index (χ0n) is 20.0. The van der Waals surface area contributed by atoms with E-state index in [1.54, 1.807) is 36.3 Å². The maximum Gasteiger partial charge on any atom is 0.321 e. The third-order valence-corrected chi connectivity index (χ3v) is 6.32. The van der Waals surface area contributed by atoms with Gasteiger partial charge in [0.05, 0.1) is 7.11 Å². The lowest BCUT2D eigenvalue weighted by molar-refractivity contribution is 0.0859. The van der Waals surface area contributed by atoms with Crippen LogP contribution in [0.5, 0.6) is 5.75 Å². The van der Waals surface area contributed by atoms with Crippen LogP contribution in [0.25, 0.3) is 0 Å². The van der Waals surface area contributed by atoms with Gasteiger partial charge in [-0.05, 0) is 54.8 Å². The molecule has 1 aliphatic rings. The molecule has 0 unspecified atom stereocenters. The van der Waals surface area contributed by atoms with Crippen LogP contribution >= 0.6 is 0 Å². The van der Waals surface area contributed by atoms with E-state index in [0.29, 0.717) is 44.0 Å². The van der Waals surface area contributed by atoms with Gasteiger partial charge >= 0.3 is 6.03 Å². The molecule has 4 rings (SSSR count). The topological polar surface area (TPSA) is 76.5 Å². The molecule has 2 amide bonds. The van der Waals surface area contributed by atoms with Gasteiger partial charge in [-0.2, -0.15) is 0 Å². The summed E-state index contributed by atoms with van der Waals surface area (Å²) in [6, 6.07) is 15.0. The van der Waals surface area contributed by atoms with Gasteiger partial charge in [0, 0.05) is 55.1 Å². The first-order valence-corrected chi connectivity index (χ1v) is 11.8. The minimum atomic E-state index is -0.127. The van der Waals surface area contributed by atoms with Crippen molar-refractivity contribution in [2.24, 2.45) is 5.92 Å². The van der Waals surface area contributed by atoms with Gasteiger partial charge in [-0.25, -0.2) is 9.78 Å². The largest absolute Gasteiger partial charge is 0.497 e. The predicted octanol–water partition coefficient (Wildman–Crippen LogP) is 5.19. The van der Waals surface area contributed by atoms with Crippen molar-refractivity contribution in [3.63, 3.8) is 0 Å². The summed E-state index contributed by atoms with van der Waals surface area (Å²) in [6.45, 7) is 6.08. The lowest BCUT2D eigenvalue weighted by atomic mass is 9.89. The van der Waals surface area contributed by atoms with Crippen LogP contribution < -0.4 is 10.1 Å². The van der Waals surface area contributed by atoms with Gasteiger partial charge in [0.2, 0.25) is 0 Å². The van der Waals surface area contributed by atoms with Crippen molar-refractivity contribution >= 4 is 17.5 Å². The average Bonchev–Trinajstić information content (AvgIpc) is 3.32. The number of rotatable bonds is 7. The average molecular weight is 461 g/mol. The molecule has 0 aliphatic carbocycles. The Balaban J connectivity index is 1.32. The Bertz CT molecular complexity index is 1130. The van der Waals surface area contributed by atoms with Gasteiger partial charge in [-0.15, -0.1) is 0 Å². The fourth-order valence-corrected chi connectivity index (χ4v) is 4.44. The number of likely N-dealkylation sites (tertiary alicyclic amines) is 1. The number of aromatic nitrogens is 2. The van der Waals surface area contributed by atoms with Crippen LogP contribution in [0.2, 0.25) is 0 Å². The molecule has 0 bridgehead atoms. The third-order valence-electron chi connectivity index (χ3n) is 6.32. The molecule has 0 atom stereocenters. The van der Waals surface area contributed by atoms with E-state index in [-0.39, 0.29) is 17.7 Å². The first-order valence-electron chi connectivity index (χ1n) is 11.8. The first kappa shape index (κ1) is 23.5. The molecule has 1 aliphatic heterocycles. The van der Waals surface area contributed by atoms with Crippen molar-refractivity contribution in [2.45, 2.75) is 39.2 Å². The number of benzene rings is 2. The second-order valence-corrected chi connectivity index (χ2v) is 9.05. The van der Waals surface area contributed by atoms with Crippen molar-refractivity contribution in [3.8, 4) is 5.75 Å². The minimum Gasteiger partial charge on any atom is -0.497 e. The molecule has 178 valence electrons. The number of urea groups is 1. The van der Waals surface area contributed by atoms with Crippen molar-refractivity contribution in [1.29, 1.82) is 0 Å². The molecule has 34 heavy (non-hydrogen) atoms. The first-order chi connectivity index (χ1) is 16.4. The minimum absolute atomic E-state index is 0.0638. The molecule has 3 aromatic rings. The number of carbonyl (C=O) groups excluding carboxylic acids is 2. The van der Waals surface area contributed by atoms with Crippen molar-refractivity contribution in [3.05, 3.63) is 77.9 Å². The summed E-state index contributed by atoms with van der Waals surface area (Å²) in [4.78, 5) is 31.9. The van der Waals surface area contributed by atoms with E-state index in [4.69, 9.17) is 4.74 Å². The number of methoxy groups -OCH3 is 1. The van der Waals surface area contributed by atoms with Crippen LogP contribution in [0, 0.1) is 5.92 Å². The molecule has 1 N–H and O–H groups in total. The van der Waals surface area contributed by atoms with E-state index in [2.05, 4.69) is 34.8 Å². The molecule has 1 fully saturated rings. The number of carbonyl (C=O) groups is 2. The highest BCUT2D eigenvalue weighted by atomic mass is 16.5. The molecule has 0 spiro atoms. The van der Waals surface area contributed by atoms with Crippen LogP contribution in [-0.2, 0) is 6.54 Å². The predicted molar refractivity (Wildman–Crippen MR) is 133 cm³/mol. The third kappa shape index (κ3) is 5.47. The number of imidazole rings is 1. The normalized spacial score (nSPS) is 14.3. The van der Waals surface area contributed by atoms with Gasteiger partial charge in [-0.1, -0.05) is 26.0 Å². The van der Waals surface area contributed by atoms with E-state index in [9.17, 15) is 9.59 Å². The number of nitrogens with one attached hydrogen (secondary N) is 1. The van der Waals surface area contributed by atoms with E-state index in [0.717, 1.165) is 22.8 Å². The number of amides is 2. The molecule has 2 aromatic carbocycles. The van der Waals surface area contributed by atoms with Gasteiger partial charge in [0.1, 0.15) is 11.6 Å². The van der Waals surface area contributed by atoms with Crippen LogP contribution in [0.1, 0.15) is 54.4 Å². The number of piperidine rings is 1. The molecule has 0 saturated carbocycles. The molecule has 2 heterocycles. The lowest BCUT2D eigenvalue weighted by Gasteiger charge is -2.31. The Hall–Kier alpha value is -3.61. The smallest absolute Gasteiger partial charge is 0.321 e. The van der Waals surface area contributed by atoms with E-state index < -0.39 is 0 Å². The van der Waals surface area contributed by atoms with Crippen LogP contribution in [-0.4, -0.2) is 46.5 Å². The monoisotopic (exact) mass is 460 g/mol. The number of nitrogens with zero attached hydrogens (tertiary/aromatic N) is 3. The molecule has 1 saturated heterocycles. The zero-order valence-corrected chi connectivity index (χ0v) is 20.0. The fraction of sp³-hybridized carbons (Fsp3) is 0.370. The summed E-state index contributed by atoms with van der Waals surface area (Å²) in [6.07, 6.45) is 5.13. The van der Waals surface area contributed by atoms with Gasteiger partial charge in [0.25, 0.3) is 0 Å². The fourth-order valence-electron chi connectivity index (χ4n) is 4.44. The van der Waals surface area contributed by atoms with Gasteiger partial charge in [0.15, 0.2) is 5.78 Å². The number of Topliss-reactive ketones (excluding diaryl/α,β-unsaturated/α-hetero) is 1. The number of ketones is 1. The van der Waals surface area contributed by atoms with Gasteiger partial charge < -0.3 is 19.5 Å². The zero-order chi connectivity index (χ0) is 24.1. The maximum absolute atomic E-state index is 12.9. The number of hydrogen-bond acceptors (Lipinski definition) is 4. The summed E-state index contributed by atoms with van der Waals surface area (Å²) in [7, 11) is 1.61. The number of anilines is 1. The molecular formula is C27H32N4O3. The van der Waals surface area contributed by atoms with E-state index in [1.807, 2.05) is 30.6 Å². The highest BCUT2D eigenvalue weighted by molar-refractivity contribution is 5.98. The van der Waals surface area contributed by atoms with Crippen LogP contribution in [0.15, 0.2) is 60.9 Å². The van der Waals surface area contributed by atoms with Crippen molar-refractivity contribution in [1.82, 2.24) is 14.5 Å². The Morgan fingerprint density at radius 3 is 2.53 bits per heavy atom. The number of hydrogen-bond donors (Lipinski definition) is 1. The Labute approximate surface area is 200 Å². The van der Waals surface area contributed by atoms with E-state index in [1.165, 1.54) is 0 Å². The highest BCUT2D eigenvalue weighted by Crippen LogP contribution is 2.24. The van der Waals surface area contributed by atoms with E-state index >= 15 is 0 Å². The van der Waals surface area contributed by atoms with Crippen molar-refractivity contribution in [2.75, 3.05) is 25.5 Å². The Kier molecular flexibility index (Phi) is 7.30. The lowest BCUT2D eigenvalue weighted by Crippen LogP contribution is -2.42. The quantitative estimate of drug-likeness (QED) is 0.492. The standard InChI is InChI=1S/C27H32N4O3/c1-19(2)26-28-13-16-31(26)18-20-5-4-6-23(17-20)29-27(33)30-14-11-22(12-15-30)25(32)21-7-9-24(34-3)10-8-21/h4-10,13,16-17,19,22H,11-12,14-15,18H2,1-3H3,(H,29,33). The summed E-state index contributed by atoms with van der Waals surface area (Å²) >= 11 is 0. The molecule has 7 heteroatoms. The second kappa shape index (κ2) is 10.5. The molecule has 1 aromatic heterocycles. The summed E-state index contributed by atoms with van der Waals surface area (Å²) < 4.78 is 7.30. The number of ether oxygens (including phenoxy) is 1. The summed E-state index contributed by atoms with van der Waals surface area (Å²) in [5, 5.41) is 3.02. The Morgan fingerprint density at radius 1 is 1.12 bits per heavy atom. The summed E-state index contributed by atoms with van der Waals surface area (Å²) in [5.41, 5.74) is 2.56. The highest BCUT2D eigenvalue weighted by Gasteiger charge is 2.28. The SMILES string of the molecule is COc1ccc(C(=O)C2CCN(C(=O)Nc3cccc(Cn4ccnc4C(C)C)c3)CC2)cc1. The molecular weight excluding hydrogens is 428 g/mol. The Morgan fingerprint density at radius 2 is 1.85 bits per heavy atom. The van der Waals surface area contributed by atoms with Crippen molar-refractivity contribution < 1.29 is 14.3 Å².